The highest BCUT2D eigenvalue weighted by molar-refractivity contribution is 5.97. The first kappa shape index (κ1) is 24.4. The van der Waals surface area contributed by atoms with E-state index in [4.69, 9.17) is 15.2 Å². The molecule has 1 amide bonds. The predicted molar refractivity (Wildman–Crippen MR) is 120 cm³/mol. The van der Waals surface area contributed by atoms with E-state index in [0.29, 0.717) is 23.3 Å². The molecule has 2 N–H and O–H groups in total. The molecule has 1 fully saturated rings. The molecule has 4 atom stereocenters. The molecule has 5 rings (SSSR count). The number of hydrogen-bond donors (Lipinski definition) is 1. The average molecular weight is 508 g/mol. The van der Waals surface area contributed by atoms with Crippen molar-refractivity contribution in [3.63, 3.8) is 0 Å². The van der Waals surface area contributed by atoms with Gasteiger partial charge in [0.1, 0.15) is 23.4 Å². The third-order valence-electron chi connectivity index (χ3n) is 6.67. The topological polar surface area (TPSA) is 99.8 Å². The molecule has 2 aromatic heterocycles. The predicted octanol–water partition coefficient (Wildman–Crippen LogP) is 4.12. The zero-order valence-electron chi connectivity index (χ0n) is 19.5. The van der Waals surface area contributed by atoms with Gasteiger partial charge in [-0.15, -0.1) is 13.2 Å². The van der Waals surface area contributed by atoms with Crippen LogP contribution >= 0.6 is 0 Å². The summed E-state index contributed by atoms with van der Waals surface area (Å²) in [6.45, 7) is 4.16. The van der Waals surface area contributed by atoms with Gasteiger partial charge in [0.2, 0.25) is 0 Å². The molecule has 0 saturated carbocycles. The Hall–Kier alpha value is -3.25. The van der Waals surface area contributed by atoms with Crippen LogP contribution in [0.5, 0.6) is 0 Å². The lowest BCUT2D eigenvalue weighted by Gasteiger charge is -2.42. The molecule has 192 valence electrons. The Morgan fingerprint density at radius 1 is 1.25 bits per heavy atom. The lowest BCUT2D eigenvalue weighted by molar-refractivity contribution is -0.306. The summed E-state index contributed by atoms with van der Waals surface area (Å²) in [6, 6.07) is 0.370. The second-order valence-corrected chi connectivity index (χ2v) is 9.06. The normalized spacial score (nSPS) is 26.4. The largest absolute Gasteiger partial charge is 0.572 e. The minimum absolute atomic E-state index is 0.00193. The third-order valence-corrected chi connectivity index (χ3v) is 6.67. The van der Waals surface area contributed by atoms with Gasteiger partial charge in [-0.1, -0.05) is 6.08 Å². The number of pyridine rings is 2. The Morgan fingerprint density at radius 2 is 2.03 bits per heavy atom. The van der Waals surface area contributed by atoms with E-state index in [1.165, 1.54) is 17.2 Å². The maximum absolute atomic E-state index is 15.1. The van der Waals surface area contributed by atoms with E-state index in [0.717, 1.165) is 17.2 Å². The zero-order valence-corrected chi connectivity index (χ0v) is 19.5. The van der Waals surface area contributed by atoms with E-state index < -0.39 is 42.7 Å². The number of alkyl halides is 4. The molecule has 0 radical (unpaired) electrons. The van der Waals surface area contributed by atoms with Gasteiger partial charge in [0.15, 0.2) is 0 Å². The van der Waals surface area contributed by atoms with Crippen molar-refractivity contribution in [2.24, 2.45) is 0 Å². The van der Waals surface area contributed by atoms with Crippen molar-refractivity contribution in [3.05, 3.63) is 52.6 Å². The Bertz CT molecular complexity index is 1280. The summed E-state index contributed by atoms with van der Waals surface area (Å²) in [4.78, 5) is 23.8. The lowest BCUT2D eigenvalue weighted by Crippen LogP contribution is -2.55. The second-order valence-electron chi connectivity index (χ2n) is 9.06. The number of allylic oxidation sites excluding steroid dienone is 3. The number of carbonyl (C=O) groups is 1. The van der Waals surface area contributed by atoms with Crippen LogP contribution in [-0.4, -0.2) is 58.6 Å². The summed E-state index contributed by atoms with van der Waals surface area (Å²) >= 11 is 0. The molecule has 3 aliphatic rings. The van der Waals surface area contributed by atoms with E-state index >= 15 is 4.39 Å². The van der Waals surface area contributed by atoms with Gasteiger partial charge >= 0.3 is 6.36 Å². The maximum Gasteiger partial charge on any atom is 0.572 e. The van der Waals surface area contributed by atoms with Crippen molar-refractivity contribution in [2.75, 3.05) is 18.9 Å². The Balaban J connectivity index is 1.49. The summed E-state index contributed by atoms with van der Waals surface area (Å²) in [5.74, 6) is -0.635. The van der Waals surface area contributed by atoms with E-state index in [1.54, 1.807) is 13.0 Å². The van der Waals surface area contributed by atoms with Gasteiger partial charge in [-0.05, 0) is 37.1 Å². The van der Waals surface area contributed by atoms with Gasteiger partial charge in [-0.3, -0.25) is 4.79 Å². The molecule has 1 unspecified atom stereocenters. The second kappa shape index (κ2) is 9.00. The summed E-state index contributed by atoms with van der Waals surface area (Å²) in [5.41, 5.74) is 8.50. The third kappa shape index (κ3) is 4.39. The highest BCUT2D eigenvalue weighted by Crippen LogP contribution is 2.38. The fraction of sp³-hybridized carbons (Fsp3) is 0.458. The van der Waals surface area contributed by atoms with Gasteiger partial charge < -0.3 is 24.8 Å². The minimum Gasteiger partial charge on any atom is -0.410 e. The fourth-order valence-corrected chi connectivity index (χ4v) is 5.04. The number of morpholine rings is 1. The molecule has 2 aromatic rings. The van der Waals surface area contributed by atoms with E-state index in [1.807, 2.05) is 6.92 Å². The molecule has 8 nitrogen and oxygen atoms in total. The zero-order chi connectivity index (χ0) is 25.8. The summed E-state index contributed by atoms with van der Waals surface area (Å²) < 4.78 is 67.9. The van der Waals surface area contributed by atoms with Crippen molar-refractivity contribution >= 4 is 22.6 Å². The number of fused-ring (bicyclic) bond motifs is 3. The first-order valence-corrected chi connectivity index (χ1v) is 11.4. The van der Waals surface area contributed by atoms with Gasteiger partial charge in [0.05, 0.1) is 49.7 Å². The van der Waals surface area contributed by atoms with Crippen LogP contribution in [0, 0.1) is 0 Å². The van der Waals surface area contributed by atoms with Crippen LogP contribution in [0.1, 0.15) is 48.0 Å². The van der Waals surface area contributed by atoms with E-state index in [2.05, 4.69) is 14.7 Å². The molecular formula is C24H24F4N4O4. The molecule has 36 heavy (non-hydrogen) atoms. The Morgan fingerprint density at radius 3 is 2.75 bits per heavy atom. The van der Waals surface area contributed by atoms with Crippen LogP contribution in [0.15, 0.2) is 35.7 Å². The Kier molecular flexibility index (Phi) is 6.11. The molecule has 0 spiro atoms. The number of rotatable bonds is 3. The van der Waals surface area contributed by atoms with Gasteiger partial charge in [-0.2, -0.15) is 0 Å². The van der Waals surface area contributed by atoms with Crippen LogP contribution in [0.3, 0.4) is 0 Å². The summed E-state index contributed by atoms with van der Waals surface area (Å²) in [7, 11) is 0. The number of carbonyl (C=O) groups excluding carboxylic acids is 1. The standard InChI is InChI=1S/C24H24F4N4O4/c1-11-8-34-10-20(14-4-3-13(5-17(14)25)36-24(26,27)28)32(11)23(33)18-6-15-16-9-35-12(2)21(16)22(29)31-19(15)7-30-18/h3-4,6-7,11-12,17,20H,5,8-10H2,1-2H3,(H2,29,31)/t11-,12+,17?,20-/m1/s1. The number of nitrogen functional groups attached to an aromatic ring is 1. The van der Waals surface area contributed by atoms with Gasteiger partial charge in [0, 0.05) is 17.4 Å². The van der Waals surface area contributed by atoms with Crippen molar-refractivity contribution in [3.8, 4) is 0 Å². The van der Waals surface area contributed by atoms with Crippen LogP contribution in [-0.2, 0) is 20.8 Å². The van der Waals surface area contributed by atoms with E-state index in [-0.39, 0.29) is 30.6 Å². The molecule has 0 aromatic carbocycles. The number of anilines is 1. The first-order valence-electron chi connectivity index (χ1n) is 11.4. The Labute approximate surface area is 203 Å². The number of aromatic nitrogens is 2. The van der Waals surface area contributed by atoms with Gasteiger partial charge in [-0.25, -0.2) is 14.4 Å². The number of hydrogen-bond acceptors (Lipinski definition) is 7. The van der Waals surface area contributed by atoms with E-state index in [9.17, 15) is 18.0 Å². The van der Waals surface area contributed by atoms with Crippen LogP contribution in [0.4, 0.5) is 23.4 Å². The average Bonchev–Trinajstić information content (AvgIpc) is 3.20. The molecule has 4 heterocycles. The van der Waals surface area contributed by atoms with Gasteiger partial charge in [0.25, 0.3) is 5.91 Å². The number of nitrogens with two attached hydrogens (primary N) is 1. The lowest BCUT2D eigenvalue weighted by atomic mass is 9.92. The number of nitrogens with zero attached hydrogens (tertiary/aromatic N) is 3. The van der Waals surface area contributed by atoms with Crippen LogP contribution in [0.25, 0.3) is 10.9 Å². The highest BCUT2D eigenvalue weighted by atomic mass is 19.4. The molecule has 0 bridgehead atoms. The quantitative estimate of drug-likeness (QED) is 0.623. The highest BCUT2D eigenvalue weighted by Gasteiger charge is 2.41. The monoisotopic (exact) mass is 508 g/mol. The molecule has 1 aliphatic carbocycles. The van der Waals surface area contributed by atoms with Crippen molar-refractivity contribution in [1.82, 2.24) is 14.9 Å². The SMILES string of the molecule is C[C@@H]1OCc2c1c(N)nc1cnc(C(=O)N3[C@H](C)COC[C@@H]3C3=CC=C(OC(F)(F)F)CC3F)cc21. The number of amides is 1. The molecular weight excluding hydrogens is 484 g/mol. The molecule has 12 heteroatoms. The van der Waals surface area contributed by atoms with Crippen LogP contribution < -0.4 is 5.73 Å². The van der Waals surface area contributed by atoms with Crippen LogP contribution in [0.2, 0.25) is 0 Å². The number of ether oxygens (including phenoxy) is 3. The van der Waals surface area contributed by atoms with Crippen molar-refractivity contribution in [2.45, 2.75) is 57.6 Å². The first-order chi connectivity index (χ1) is 17.0. The summed E-state index contributed by atoms with van der Waals surface area (Å²) in [6.07, 6.45) is -3.74. The van der Waals surface area contributed by atoms with Crippen molar-refractivity contribution in [1.29, 1.82) is 0 Å². The smallest absolute Gasteiger partial charge is 0.410 e. The minimum atomic E-state index is -4.91. The maximum atomic E-state index is 15.1. The fourth-order valence-electron chi connectivity index (χ4n) is 5.04. The molecule has 1 saturated heterocycles. The van der Waals surface area contributed by atoms with Crippen molar-refractivity contribution < 1.29 is 36.6 Å². The summed E-state index contributed by atoms with van der Waals surface area (Å²) in [5, 5.41) is 0.691. The number of halogens is 4. The molecule has 2 aliphatic heterocycles.